The average molecular weight is 288 g/mol. The molecule has 0 aliphatic heterocycles. The zero-order chi connectivity index (χ0) is 15.7. The normalized spacial score (nSPS) is 21.3. The highest BCUT2D eigenvalue weighted by molar-refractivity contribution is 5.80. The van der Waals surface area contributed by atoms with Crippen LogP contribution >= 0.6 is 0 Å². The van der Waals surface area contributed by atoms with Crippen molar-refractivity contribution in [1.82, 2.24) is 0 Å². The first kappa shape index (κ1) is 14.8. The molecule has 2 aromatic rings. The summed E-state index contributed by atoms with van der Waals surface area (Å²) in [6.45, 7) is 8.97. The largest absolute Gasteiger partial charge is 0.0587 e. The quantitative estimate of drug-likeness (QED) is 0.630. The van der Waals surface area contributed by atoms with Crippen LogP contribution in [0, 0.1) is 25.7 Å². The minimum Gasteiger partial charge on any atom is -0.0587 e. The summed E-state index contributed by atoms with van der Waals surface area (Å²) in [5.41, 5.74) is 8.23. The fourth-order valence-electron chi connectivity index (χ4n) is 3.23. The molecule has 0 radical (unpaired) electrons. The molecular weight excluding hydrogens is 264 g/mol. The van der Waals surface area contributed by atoms with Crippen molar-refractivity contribution in [2.24, 2.45) is 11.8 Å². The van der Waals surface area contributed by atoms with Gasteiger partial charge in [0.15, 0.2) is 0 Å². The highest BCUT2D eigenvalue weighted by Crippen LogP contribution is 2.40. The molecular formula is C22H24. The molecule has 0 saturated heterocycles. The van der Waals surface area contributed by atoms with Crippen LogP contribution in [0.4, 0.5) is 0 Å². The van der Waals surface area contributed by atoms with Crippen LogP contribution in [0.2, 0.25) is 0 Å². The minimum absolute atomic E-state index is 0.531. The molecule has 3 rings (SSSR count). The number of hydrogen-bond acceptors (Lipinski definition) is 0. The molecule has 0 saturated carbocycles. The summed E-state index contributed by atoms with van der Waals surface area (Å²) in [7, 11) is 0. The second-order valence-corrected chi connectivity index (χ2v) is 6.55. The van der Waals surface area contributed by atoms with Crippen LogP contribution in [-0.4, -0.2) is 0 Å². The lowest BCUT2D eigenvalue weighted by Gasteiger charge is -2.29. The number of benzene rings is 2. The molecule has 2 aromatic carbocycles. The Bertz CT molecular complexity index is 646. The van der Waals surface area contributed by atoms with Gasteiger partial charge in [0, 0.05) is 0 Å². The van der Waals surface area contributed by atoms with E-state index in [2.05, 4.69) is 88.4 Å². The van der Waals surface area contributed by atoms with E-state index in [1.807, 2.05) is 0 Å². The van der Waals surface area contributed by atoms with Gasteiger partial charge < -0.3 is 0 Å². The standard InChI is InChI=1S/C22H24/c1-15-5-9-19(10-6-15)21-13-14-22(18(4)17(21)3)20-11-7-16(2)8-12-20/h5-14,17-18H,1-4H3/t17-,18-/m0/s1. The lowest BCUT2D eigenvalue weighted by atomic mass is 9.75. The highest BCUT2D eigenvalue weighted by atomic mass is 14.3. The molecule has 0 unspecified atom stereocenters. The van der Waals surface area contributed by atoms with Crippen molar-refractivity contribution in [2.75, 3.05) is 0 Å². The third kappa shape index (κ3) is 2.78. The Morgan fingerprint density at radius 1 is 0.545 bits per heavy atom. The van der Waals surface area contributed by atoms with Crippen molar-refractivity contribution in [3.63, 3.8) is 0 Å². The predicted molar refractivity (Wildman–Crippen MR) is 96.6 cm³/mol. The summed E-state index contributed by atoms with van der Waals surface area (Å²) in [5.74, 6) is 1.06. The van der Waals surface area contributed by atoms with E-state index >= 15 is 0 Å². The molecule has 0 nitrogen and oxygen atoms in total. The predicted octanol–water partition coefficient (Wildman–Crippen LogP) is 6.06. The Labute approximate surface area is 134 Å². The van der Waals surface area contributed by atoms with E-state index in [0.29, 0.717) is 11.8 Å². The van der Waals surface area contributed by atoms with Crippen molar-refractivity contribution in [2.45, 2.75) is 27.7 Å². The average Bonchev–Trinajstić information content (AvgIpc) is 2.52. The zero-order valence-corrected chi connectivity index (χ0v) is 13.9. The molecule has 0 N–H and O–H groups in total. The summed E-state index contributed by atoms with van der Waals surface area (Å²) in [5, 5.41) is 0. The summed E-state index contributed by atoms with van der Waals surface area (Å²) in [6, 6.07) is 17.8. The number of hydrogen-bond donors (Lipinski definition) is 0. The number of aryl methyl sites for hydroxylation is 2. The van der Waals surface area contributed by atoms with Gasteiger partial charge in [0.25, 0.3) is 0 Å². The van der Waals surface area contributed by atoms with Gasteiger partial charge in [-0.15, -0.1) is 0 Å². The third-order valence-corrected chi connectivity index (χ3v) is 4.94. The third-order valence-electron chi connectivity index (χ3n) is 4.94. The van der Waals surface area contributed by atoms with E-state index in [-0.39, 0.29) is 0 Å². The van der Waals surface area contributed by atoms with E-state index in [4.69, 9.17) is 0 Å². The van der Waals surface area contributed by atoms with Gasteiger partial charge in [-0.2, -0.15) is 0 Å². The van der Waals surface area contributed by atoms with E-state index in [0.717, 1.165) is 0 Å². The van der Waals surface area contributed by atoms with Crippen LogP contribution < -0.4 is 0 Å². The van der Waals surface area contributed by atoms with Crippen LogP contribution in [0.25, 0.3) is 11.1 Å². The minimum atomic E-state index is 0.531. The summed E-state index contributed by atoms with van der Waals surface area (Å²) >= 11 is 0. The highest BCUT2D eigenvalue weighted by Gasteiger charge is 2.24. The maximum absolute atomic E-state index is 2.34. The van der Waals surface area contributed by atoms with Crippen LogP contribution in [-0.2, 0) is 0 Å². The monoisotopic (exact) mass is 288 g/mol. The first-order chi connectivity index (χ1) is 10.6. The fraction of sp³-hybridized carbons (Fsp3) is 0.273. The second kappa shape index (κ2) is 5.96. The Morgan fingerprint density at radius 2 is 0.864 bits per heavy atom. The fourth-order valence-corrected chi connectivity index (χ4v) is 3.23. The van der Waals surface area contributed by atoms with Gasteiger partial charge in [0.1, 0.15) is 0 Å². The molecule has 0 heteroatoms. The van der Waals surface area contributed by atoms with Gasteiger partial charge in [-0.3, -0.25) is 0 Å². The Balaban J connectivity index is 1.98. The van der Waals surface area contributed by atoms with Crippen molar-refractivity contribution < 1.29 is 0 Å². The van der Waals surface area contributed by atoms with Gasteiger partial charge in [-0.1, -0.05) is 85.7 Å². The molecule has 1 aliphatic carbocycles. The van der Waals surface area contributed by atoms with Crippen molar-refractivity contribution in [3.8, 4) is 0 Å². The van der Waals surface area contributed by atoms with Crippen LogP contribution in [0.1, 0.15) is 36.1 Å². The SMILES string of the molecule is Cc1ccc(C2=CC=C(c3ccc(C)cc3)[C@@H](C)[C@@H]2C)cc1. The Morgan fingerprint density at radius 3 is 1.18 bits per heavy atom. The summed E-state index contributed by atoms with van der Waals surface area (Å²) in [4.78, 5) is 0. The first-order valence-electron chi connectivity index (χ1n) is 8.12. The number of allylic oxidation sites excluding steroid dienone is 4. The molecule has 1 aliphatic rings. The molecule has 0 amide bonds. The Kier molecular flexibility index (Phi) is 4.02. The molecule has 22 heavy (non-hydrogen) atoms. The van der Waals surface area contributed by atoms with E-state index in [9.17, 15) is 0 Å². The van der Waals surface area contributed by atoms with Gasteiger partial charge in [0.2, 0.25) is 0 Å². The summed E-state index contributed by atoms with van der Waals surface area (Å²) < 4.78 is 0. The maximum atomic E-state index is 2.34. The second-order valence-electron chi connectivity index (χ2n) is 6.55. The van der Waals surface area contributed by atoms with Crippen molar-refractivity contribution >= 4 is 11.1 Å². The molecule has 0 heterocycles. The lowest BCUT2D eigenvalue weighted by Crippen LogP contribution is -2.15. The Hall–Kier alpha value is -2.08. The lowest BCUT2D eigenvalue weighted by molar-refractivity contribution is 0.584. The van der Waals surface area contributed by atoms with Crippen molar-refractivity contribution in [1.29, 1.82) is 0 Å². The van der Waals surface area contributed by atoms with Crippen LogP contribution in [0.15, 0.2) is 60.7 Å². The van der Waals surface area contributed by atoms with Gasteiger partial charge >= 0.3 is 0 Å². The molecule has 0 spiro atoms. The zero-order valence-electron chi connectivity index (χ0n) is 13.9. The first-order valence-corrected chi connectivity index (χ1v) is 8.12. The smallest absolute Gasteiger partial charge is 0.0118 e. The van der Waals surface area contributed by atoms with Gasteiger partial charge in [-0.05, 0) is 48.0 Å². The topological polar surface area (TPSA) is 0 Å². The molecule has 0 aromatic heterocycles. The van der Waals surface area contributed by atoms with Crippen molar-refractivity contribution in [3.05, 3.63) is 82.9 Å². The van der Waals surface area contributed by atoms with Crippen LogP contribution in [0.5, 0.6) is 0 Å². The maximum Gasteiger partial charge on any atom is -0.0118 e. The number of rotatable bonds is 2. The molecule has 0 bridgehead atoms. The molecule has 2 atom stereocenters. The van der Waals surface area contributed by atoms with E-state index in [1.165, 1.54) is 33.4 Å². The van der Waals surface area contributed by atoms with E-state index in [1.54, 1.807) is 0 Å². The summed E-state index contributed by atoms with van der Waals surface area (Å²) in [6.07, 6.45) is 4.62. The van der Waals surface area contributed by atoms with Gasteiger partial charge in [-0.25, -0.2) is 0 Å². The van der Waals surface area contributed by atoms with Crippen LogP contribution in [0.3, 0.4) is 0 Å². The van der Waals surface area contributed by atoms with E-state index < -0.39 is 0 Å². The molecule has 0 fully saturated rings. The molecule has 112 valence electrons. The van der Waals surface area contributed by atoms with Gasteiger partial charge in [0.05, 0.1) is 0 Å².